The van der Waals surface area contributed by atoms with E-state index in [1.54, 1.807) is 0 Å². The van der Waals surface area contributed by atoms with Crippen molar-refractivity contribution in [2.45, 2.75) is 4.90 Å². The maximum atomic E-state index is 11.6. The predicted octanol–water partition coefficient (Wildman–Crippen LogP) is 0.974. The Labute approximate surface area is 108 Å². The van der Waals surface area contributed by atoms with Gasteiger partial charge in [0.05, 0.1) is 11.1 Å². The van der Waals surface area contributed by atoms with Crippen LogP contribution in [-0.4, -0.2) is 36.6 Å². The third kappa shape index (κ3) is 3.39. The summed E-state index contributed by atoms with van der Waals surface area (Å²) in [5, 5.41) is 8.87. The third-order valence-corrected chi connectivity index (χ3v) is 3.01. The van der Waals surface area contributed by atoms with Crippen LogP contribution in [0.4, 0.5) is 0 Å². The van der Waals surface area contributed by atoms with Gasteiger partial charge < -0.3 is 9.84 Å². The van der Waals surface area contributed by atoms with Crippen LogP contribution in [0.1, 0.15) is 20.7 Å². The van der Waals surface area contributed by atoms with Crippen LogP contribution in [0.15, 0.2) is 35.7 Å². The summed E-state index contributed by atoms with van der Waals surface area (Å²) in [5.41, 5.74) is -1.26. The molecule has 102 valence electrons. The molecule has 19 heavy (non-hydrogen) atoms. The van der Waals surface area contributed by atoms with E-state index in [4.69, 9.17) is 9.66 Å². The zero-order valence-corrected chi connectivity index (χ0v) is 10.4. The van der Waals surface area contributed by atoms with E-state index in [1.807, 2.05) is 0 Å². The smallest absolute Gasteiger partial charge is 0.339 e. The molecule has 0 aliphatic carbocycles. The molecular weight excluding hydrogens is 276 g/mol. The lowest BCUT2D eigenvalue weighted by molar-refractivity contribution is 0.0544. The Kier molecular flexibility index (Phi) is 4.41. The molecule has 8 heteroatoms. The van der Waals surface area contributed by atoms with E-state index in [2.05, 4.69) is 11.3 Å². The molecule has 1 aromatic rings. The quantitative estimate of drug-likeness (QED) is 0.470. The highest BCUT2D eigenvalue weighted by Crippen LogP contribution is 2.21. The summed E-state index contributed by atoms with van der Waals surface area (Å²) in [7, 11) is -4.89. The monoisotopic (exact) mass is 286 g/mol. The summed E-state index contributed by atoms with van der Waals surface area (Å²) in [5.74, 6) is -2.67. The number of benzene rings is 1. The standard InChI is InChI=1S/C11H10O7S/c1-2-6-18-11(14)8-5-3-4-7(10(12)13)9(8)19(15,16)17/h2-5H,1,6H2,(H,12,13)(H,15,16,17). The maximum Gasteiger partial charge on any atom is 0.339 e. The summed E-state index contributed by atoms with van der Waals surface area (Å²) in [6.07, 6.45) is 1.26. The molecule has 0 heterocycles. The molecule has 0 bridgehead atoms. The van der Waals surface area contributed by atoms with Crippen LogP contribution >= 0.6 is 0 Å². The number of hydrogen-bond donors (Lipinski definition) is 2. The van der Waals surface area contributed by atoms with Gasteiger partial charge >= 0.3 is 11.9 Å². The molecular formula is C11H10O7S. The van der Waals surface area contributed by atoms with Crippen LogP contribution in [0.2, 0.25) is 0 Å². The molecule has 1 aromatic carbocycles. The third-order valence-electron chi connectivity index (χ3n) is 2.06. The Hall–Kier alpha value is -2.19. The fourth-order valence-electron chi connectivity index (χ4n) is 1.36. The number of carboxylic acid groups (broad SMARTS) is 1. The fourth-order valence-corrected chi connectivity index (χ4v) is 2.22. The molecule has 0 amide bonds. The number of ether oxygens (including phenoxy) is 1. The van der Waals surface area contributed by atoms with Gasteiger partial charge in [-0.3, -0.25) is 4.55 Å². The Balaban J connectivity index is 3.48. The minimum atomic E-state index is -4.89. The zero-order valence-electron chi connectivity index (χ0n) is 9.57. The van der Waals surface area contributed by atoms with Gasteiger partial charge in [-0.25, -0.2) is 9.59 Å². The Bertz CT molecular complexity index is 630. The van der Waals surface area contributed by atoms with Gasteiger partial charge in [0.25, 0.3) is 10.1 Å². The summed E-state index contributed by atoms with van der Waals surface area (Å²) < 4.78 is 36.1. The summed E-state index contributed by atoms with van der Waals surface area (Å²) >= 11 is 0. The average molecular weight is 286 g/mol. The topological polar surface area (TPSA) is 118 Å². The van der Waals surface area contributed by atoms with Gasteiger partial charge in [0.15, 0.2) is 0 Å². The van der Waals surface area contributed by atoms with Crippen molar-refractivity contribution in [3.63, 3.8) is 0 Å². The van der Waals surface area contributed by atoms with Gasteiger partial charge in [0.2, 0.25) is 0 Å². The van der Waals surface area contributed by atoms with Crippen molar-refractivity contribution in [3.05, 3.63) is 42.0 Å². The average Bonchev–Trinajstić information content (AvgIpc) is 2.33. The first-order chi connectivity index (χ1) is 8.79. The summed E-state index contributed by atoms with van der Waals surface area (Å²) in [6.45, 7) is 3.12. The molecule has 0 unspecified atom stereocenters. The zero-order chi connectivity index (χ0) is 14.6. The lowest BCUT2D eigenvalue weighted by Crippen LogP contribution is -2.16. The molecule has 0 saturated heterocycles. The second-order valence-electron chi connectivity index (χ2n) is 3.35. The van der Waals surface area contributed by atoms with E-state index >= 15 is 0 Å². The van der Waals surface area contributed by atoms with Crippen LogP contribution in [0.5, 0.6) is 0 Å². The number of carbonyl (C=O) groups is 2. The number of carbonyl (C=O) groups excluding carboxylic acids is 1. The highest BCUT2D eigenvalue weighted by Gasteiger charge is 2.27. The maximum absolute atomic E-state index is 11.6. The van der Waals surface area contributed by atoms with Crippen molar-refractivity contribution in [2.24, 2.45) is 0 Å². The van der Waals surface area contributed by atoms with Crippen LogP contribution < -0.4 is 0 Å². The molecule has 2 N–H and O–H groups in total. The number of aromatic carboxylic acids is 1. The van der Waals surface area contributed by atoms with E-state index in [0.717, 1.165) is 12.1 Å². The molecule has 0 aliphatic heterocycles. The molecule has 0 spiro atoms. The number of carboxylic acids is 1. The van der Waals surface area contributed by atoms with E-state index in [-0.39, 0.29) is 6.61 Å². The molecule has 7 nitrogen and oxygen atoms in total. The summed E-state index contributed by atoms with van der Waals surface area (Å²) in [6, 6.07) is 3.17. The van der Waals surface area contributed by atoms with Crippen molar-refractivity contribution in [3.8, 4) is 0 Å². The van der Waals surface area contributed by atoms with E-state index in [1.165, 1.54) is 12.1 Å². The molecule has 1 rings (SSSR count). The van der Waals surface area contributed by atoms with E-state index < -0.39 is 38.1 Å². The molecule has 0 aromatic heterocycles. The SMILES string of the molecule is C=CCOC(=O)c1cccc(C(=O)O)c1S(=O)(=O)O. The van der Waals surface area contributed by atoms with Crippen LogP contribution in [0, 0.1) is 0 Å². The fraction of sp³-hybridized carbons (Fsp3) is 0.0909. The molecule has 0 saturated carbocycles. The van der Waals surface area contributed by atoms with Crippen LogP contribution in [0.3, 0.4) is 0 Å². The van der Waals surface area contributed by atoms with Crippen molar-refractivity contribution in [2.75, 3.05) is 6.61 Å². The van der Waals surface area contributed by atoms with Gasteiger partial charge in [-0.2, -0.15) is 8.42 Å². The van der Waals surface area contributed by atoms with Gasteiger partial charge in [-0.1, -0.05) is 18.7 Å². The van der Waals surface area contributed by atoms with Crippen molar-refractivity contribution < 1.29 is 32.4 Å². The number of esters is 1. The van der Waals surface area contributed by atoms with Gasteiger partial charge in [0.1, 0.15) is 11.5 Å². The van der Waals surface area contributed by atoms with Crippen molar-refractivity contribution >= 4 is 22.1 Å². The molecule has 0 aliphatic rings. The molecule has 0 atom stereocenters. The number of hydrogen-bond acceptors (Lipinski definition) is 5. The molecule has 0 fully saturated rings. The van der Waals surface area contributed by atoms with Crippen molar-refractivity contribution in [1.82, 2.24) is 0 Å². The van der Waals surface area contributed by atoms with E-state index in [9.17, 15) is 18.0 Å². The normalized spacial score (nSPS) is 10.8. The molecule has 0 radical (unpaired) electrons. The lowest BCUT2D eigenvalue weighted by atomic mass is 10.1. The largest absolute Gasteiger partial charge is 0.478 e. The highest BCUT2D eigenvalue weighted by atomic mass is 32.2. The van der Waals surface area contributed by atoms with E-state index in [0.29, 0.717) is 0 Å². The van der Waals surface area contributed by atoms with Crippen molar-refractivity contribution in [1.29, 1.82) is 0 Å². The number of rotatable bonds is 5. The van der Waals surface area contributed by atoms with Gasteiger partial charge in [0, 0.05) is 0 Å². The first kappa shape index (κ1) is 14.9. The predicted molar refractivity (Wildman–Crippen MR) is 63.7 cm³/mol. The van der Waals surface area contributed by atoms with Gasteiger partial charge in [-0.05, 0) is 12.1 Å². The second-order valence-corrected chi connectivity index (χ2v) is 4.71. The Morgan fingerprint density at radius 3 is 2.37 bits per heavy atom. The minimum Gasteiger partial charge on any atom is -0.478 e. The van der Waals surface area contributed by atoms with Gasteiger partial charge in [-0.15, -0.1) is 0 Å². The first-order valence-electron chi connectivity index (χ1n) is 4.91. The first-order valence-corrected chi connectivity index (χ1v) is 6.35. The summed E-state index contributed by atoms with van der Waals surface area (Å²) in [4.78, 5) is 21.5. The van der Waals surface area contributed by atoms with Crippen LogP contribution in [-0.2, 0) is 14.9 Å². The lowest BCUT2D eigenvalue weighted by Gasteiger charge is -2.09. The Morgan fingerprint density at radius 1 is 1.32 bits per heavy atom. The minimum absolute atomic E-state index is 0.180. The second kappa shape index (κ2) is 5.63. The highest BCUT2D eigenvalue weighted by molar-refractivity contribution is 7.86. The van der Waals surface area contributed by atoms with Crippen LogP contribution in [0.25, 0.3) is 0 Å². The Morgan fingerprint density at radius 2 is 1.89 bits per heavy atom.